The van der Waals surface area contributed by atoms with Gasteiger partial charge in [-0.1, -0.05) is 101 Å². The van der Waals surface area contributed by atoms with E-state index < -0.39 is 6.47 Å². The summed E-state index contributed by atoms with van der Waals surface area (Å²) < 4.78 is 8.81. The lowest BCUT2D eigenvalue weighted by Crippen LogP contribution is -2.31. The Hall–Kier alpha value is -0.540. The van der Waals surface area contributed by atoms with E-state index in [-0.39, 0.29) is 5.41 Å². The molecule has 0 aromatic rings. The topological polar surface area (TPSA) is 66.0 Å². The van der Waals surface area contributed by atoms with E-state index in [1.807, 2.05) is 12.2 Å². The highest BCUT2D eigenvalue weighted by atomic mass is 79.9. The van der Waals surface area contributed by atoms with Gasteiger partial charge in [0.15, 0.2) is 0 Å². The lowest BCUT2D eigenvalue weighted by Gasteiger charge is -2.39. The Morgan fingerprint density at radius 1 is 0.840 bits per heavy atom. The average molecular weight is 598 g/mol. The van der Waals surface area contributed by atoms with Gasteiger partial charge in [0.1, 0.15) is 18.0 Å². The highest BCUT2D eigenvalue weighted by Gasteiger charge is 2.43. The SMILES string of the molecule is CC(C)(C1=CC=C(OC#N)C(Br)(Br)C1)C1=CC=C(OC#N)C(Br)(Br)C1. The highest BCUT2D eigenvalue weighted by Crippen LogP contribution is 2.53. The van der Waals surface area contributed by atoms with Crippen LogP contribution in [-0.4, -0.2) is 6.47 Å². The lowest BCUT2D eigenvalue weighted by atomic mass is 9.71. The third-order valence-electron chi connectivity index (χ3n) is 4.33. The Morgan fingerprint density at radius 2 is 1.20 bits per heavy atom. The van der Waals surface area contributed by atoms with Gasteiger partial charge < -0.3 is 9.47 Å². The fourth-order valence-electron chi connectivity index (χ4n) is 2.75. The quantitative estimate of drug-likeness (QED) is 0.278. The van der Waals surface area contributed by atoms with Gasteiger partial charge in [0.2, 0.25) is 0 Å². The van der Waals surface area contributed by atoms with Crippen molar-refractivity contribution in [3.8, 4) is 12.5 Å². The number of rotatable bonds is 4. The van der Waals surface area contributed by atoms with Crippen LogP contribution < -0.4 is 0 Å². The van der Waals surface area contributed by atoms with E-state index in [9.17, 15) is 0 Å². The highest BCUT2D eigenvalue weighted by molar-refractivity contribution is 9.25. The van der Waals surface area contributed by atoms with Gasteiger partial charge in [-0.15, -0.1) is 10.5 Å². The summed E-state index contributed by atoms with van der Waals surface area (Å²) in [5.74, 6) is 1.04. The standard InChI is InChI=1S/C17H14Br4N2O2/c1-15(2,11-3-5-13(24-9-22)16(18,19)7-11)12-4-6-14(25-10-23)17(20,21)8-12/h3-6H,7-8H2,1-2H3. The number of hydrogen-bond acceptors (Lipinski definition) is 4. The summed E-state index contributed by atoms with van der Waals surface area (Å²) in [7, 11) is 0. The van der Waals surface area contributed by atoms with Gasteiger partial charge in [0, 0.05) is 18.3 Å². The van der Waals surface area contributed by atoms with Crippen molar-refractivity contribution in [2.45, 2.75) is 33.2 Å². The van der Waals surface area contributed by atoms with Crippen LogP contribution in [0.25, 0.3) is 0 Å². The van der Waals surface area contributed by atoms with Gasteiger partial charge in [-0.05, 0) is 12.2 Å². The summed E-state index contributed by atoms with van der Waals surface area (Å²) in [6.07, 6.45) is 12.3. The van der Waals surface area contributed by atoms with Gasteiger partial charge in [0.25, 0.3) is 12.5 Å². The maximum absolute atomic E-state index is 8.77. The first kappa shape index (κ1) is 20.8. The van der Waals surface area contributed by atoms with Gasteiger partial charge >= 0.3 is 0 Å². The number of nitrogens with zero attached hydrogens (tertiary/aromatic N) is 2. The summed E-state index contributed by atoms with van der Waals surface area (Å²) >= 11 is 14.4. The van der Waals surface area contributed by atoms with Crippen molar-refractivity contribution < 1.29 is 9.47 Å². The van der Waals surface area contributed by atoms with E-state index in [2.05, 4.69) is 77.6 Å². The number of nitriles is 2. The van der Waals surface area contributed by atoms with Crippen LogP contribution in [0.5, 0.6) is 0 Å². The molecule has 8 heteroatoms. The molecule has 0 aromatic carbocycles. The zero-order valence-electron chi connectivity index (χ0n) is 13.4. The number of alkyl halides is 4. The Balaban J connectivity index is 2.37. The minimum Gasteiger partial charge on any atom is -0.390 e. The molecular weight excluding hydrogens is 584 g/mol. The van der Waals surface area contributed by atoms with Crippen LogP contribution in [0.3, 0.4) is 0 Å². The van der Waals surface area contributed by atoms with Gasteiger partial charge in [-0.3, -0.25) is 0 Å². The molecule has 2 aliphatic carbocycles. The number of halogens is 4. The molecule has 0 atom stereocenters. The first-order valence-electron chi connectivity index (χ1n) is 7.26. The van der Waals surface area contributed by atoms with Crippen molar-refractivity contribution in [1.82, 2.24) is 0 Å². The molecule has 0 N–H and O–H groups in total. The number of hydrogen-bond donors (Lipinski definition) is 0. The molecule has 25 heavy (non-hydrogen) atoms. The molecule has 0 aromatic heterocycles. The Kier molecular flexibility index (Phi) is 6.31. The summed E-state index contributed by atoms with van der Waals surface area (Å²) in [6, 6.07) is 0. The lowest BCUT2D eigenvalue weighted by molar-refractivity contribution is 0.340. The van der Waals surface area contributed by atoms with Crippen molar-refractivity contribution in [3.05, 3.63) is 47.0 Å². The van der Waals surface area contributed by atoms with Crippen LogP contribution in [0, 0.1) is 28.4 Å². The van der Waals surface area contributed by atoms with Crippen LogP contribution in [-0.2, 0) is 9.47 Å². The fraction of sp³-hybridized carbons (Fsp3) is 0.412. The summed E-state index contributed by atoms with van der Waals surface area (Å²) in [6.45, 7) is 4.29. The predicted octanol–water partition coefficient (Wildman–Crippen LogP) is 6.41. The van der Waals surface area contributed by atoms with E-state index in [0.717, 1.165) is 0 Å². The minimum atomic E-state index is -0.614. The fourth-order valence-corrected chi connectivity index (χ4v) is 4.81. The molecule has 132 valence electrons. The molecule has 0 bridgehead atoms. The number of ether oxygens (including phenoxy) is 2. The largest absolute Gasteiger partial charge is 0.390 e. The molecule has 4 nitrogen and oxygen atoms in total. The molecule has 0 spiro atoms. The molecule has 0 radical (unpaired) electrons. The van der Waals surface area contributed by atoms with Crippen molar-refractivity contribution in [2.24, 2.45) is 5.41 Å². The molecule has 0 saturated heterocycles. The Bertz CT molecular complexity index is 713. The maximum Gasteiger partial charge on any atom is 0.291 e. The second-order valence-electron chi connectivity index (χ2n) is 6.22. The minimum absolute atomic E-state index is 0.247. The average Bonchev–Trinajstić information content (AvgIpc) is 2.50. The zero-order valence-corrected chi connectivity index (χ0v) is 19.8. The van der Waals surface area contributed by atoms with Gasteiger partial charge in [-0.25, -0.2) is 0 Å². The molecule has 0 amide bonds. The molecule has 2 aliphatic rings. The molecule has 0 aliphatic heterocycles. The molecule has 0 unspecified atom stereocenters. The number of allylic oxidation sites excluding steroid dienone is 8. The Morgan fingerprint density at radius 3 is 1.48 bits per heavy atom. The van der Waals surface area contributed by atoms with E-state index in [1.54, 1.807) is 24.7 Å². The first-order valence-corrected chi connectivity index (χ1v) is 10.4. The van der Waals surface area contributed by atoms with Crippen LogP contribution in [0.2, 0.25) is 0 Å². The van der Waals surface area contributed by atoms with Crippen LogP contribution in [0.1, 0.15) is 26.7 Å². The van der Waals surface area contributed by atoms with E-state index in [1.165, 1.54) is 11.1 Å². The van der Waals surface area contributed by atoms with Crippen LogP contribution in [0.15, 0.2) is 47.0 Å². The zero-order chi connectivity index (χ0) is 18.9. The maximum atomic E-state index is 8.77. The first-order chi connectivity index (χ1) is 11.5. The smallest absolute Gasteiger partial charge is 0.291 e. The summed E-state index contributed by atoms with van der Waals surface area (Å²) in [4.78, 5) is 0. The van der Waals surface area contributed by atoms with E-state index in [4.69, 9.17) is 20.0 Å². The van der Waals surface area contributed by atoms with Crippen molar-refractivity contribution in [2.75, 3.05) is 0 Å². The van der Waals surface area contributed by atoms with Crippen LogP contribution in [0.4, 0.5) is 0 Å². The summed E-state index contributed by atoms with van der Waals surface area (Å²) in [5, 5.41) is 17.5. The second kappa shape index (κ2) is 7.60. The molecular formula is C17H14Br4N2O2. The molecule has 0 fully saturated rings. The van der Waals surface area contributed by atoms with Crippen molar-refractivity contribution >= 4 is 63.7 Å². The van der Waals surface area contributed by atoms with Crippen molar-refractivity contribution in [1.29, 1.82) is 10.5 Å². The monoisotopic (exact) mass is 594 g/mol. The van der Waals surface area contributed by atoms with E-state index in [0.29, 0.717) is 24.4 Å². The van der Waals surface area contributed by atoms with Crippen molar-refractivity contribution in [3.63, 3.8) is 0 Å². The third-order valence-corrected chi connectivity index (χ3v) is 7.02. The molecule has 2 rings (SSSR count). The normalized spacial score (nSPS) is 21.6. The third kappa shape index (κ3) is 4.42. The van der Waals surface area contributed by atoms with E-state index >= 15 is 0 Å². The van der Waals surface area contributed by atoms with Gasteiger partial charge in [-0.2, -0.15) is 0 Å². The molecule has 0 saturated carbocycles. The Labute approximate surface area is 180 Å². The second-order valence-corrected chi connectivity index (χ2v) is 13.8. The van der Waals surface area contributed by atoms with Gasteiger partial charge in [0.05, 0.1) is 0 Å². The predicted molar refractivity (Wildman–Crippen MR) is 110 cm³/mol. The molecule has 0 heterocycles. The van der Waals surface area contributed by atoms with Crippen LogP contribution >= 0.6 is 63.7 Å². The summed E-state index contributed by atoms with van der Waals surface area (Å²) in [5.41, 5.74) is 2.10.